The normalized spacial score (nSPS) is 14.3. The van der Waals surface area contributed by atoms with Gasteiger partial charge in [-0.25, -0.2) is 13.4 Å². The number of carbonyl (C=O) groups is 1. The van der Waals surface area contributed by atoms with Gasteiger partial charge in [0, 0.05) is 24.0 Å². The lowest BCUT2D eigenvalue weighted by Crippen LogP contribution is -2.44. The minimum absolute atomic E-state index is 0.101. The van der Waals surface area contributed by atoms with E-state index in [9.17, 15) is 13.2 Å². The molecule has 1 aliphatic rings. The van der Waals surface area contributed by atoms with E-state index in [0.717, 1.165) is 30.8 Å². The Morgan fingerprint density at radius 3 is 2.58 bits per heavy atom. The van der Waals surface area contributed by atoms with E-state index in [1.807, 2.05) is 18.2 Å². The van der Waals surface area contributed by atoms with Gasteiger partial charge in [0.05, 0.1) is 41.4 Å². The number of nitrogens with one attached hydrogen (secondary N) is 3. The molecule has 0 aliphatic carbocycles. The van der Waals surface area contributed by atoms with Gasteiger partial charge < -0.3 is 20.3 Å². The second-order valence-corrected chi connectivity index (χ2v) is 16.8. The molecule has 0 bridgehead atoms. The molecule has 3 N–H and O–H groups in total. The maximum Gasteiger partial charge on any atom is 0.240 e. The van der Waals surface area contributed by atoms with Crippen molar-refractivity contribution in [2.45, 2.75) is 52.1 Å². The molecule has 0 radical (unpaired) electrons. The molecule has 0 spiro atoms. The lowest BCUT2D eigenvalue weighted by atomic mass is 10.0. The van der Waals surface area contributed by atoms with E-state index in [1.54, 1.807) is 45.2 Å². The molecular weight excluding hydrogens is 694 g/mol. The van der Waals surface area contributed by atoms with Gasteiger partial charge in [-0.15, -0.1) is 10.2 Å². The number of carbonyl (C=O) groups excluding carboxylic acids is 1. The fourth-order valence-corrected chi connectivity index (χ4v) is 8.14. The lowest BCUT2D eigenvalue weighted by molar-refractivity contribution is -0.117. The van der Waals surface area contributed by atoms with Gasteiger partial charge in [-0.1, -0.05) is 46.8 Å². The lowest BCUT2D eigenvalue weighted by Gasteiger charge is -2.34. The summed E-state index contributed by atoms with van der Waals surface area (Å²) in [7, 11) is 2.18. The number of methoxy groups -OCH3 is 1. The van der Waals surface area contributed by atoms with Crippen molar-refractivity contribution in [2.24, 2.45) is 0 Å². The number of rotatable bonds is 13. The molecule has 1 fully saturated rings. The van der Waals surface area contributed by atoms with E-state index in [0.29, 0.717) is 39.2 Å². The van der Waals surface area contributed by atoms with Crippen LogP contribution < -0.4 is 20.7 Å². The van der Waals surface area contributed by atoms with Gasteiger partial charge in [0.15, 0.2) is 20.0 Å². The zero-order chi connectivity index (χ0) is 34.4. The molecule has 48 heavy (non-hydrogen) atoms. The van der Waals surface area contributed by atoms with Crippen molar-refractivity contribution in [3.05, 3.63) is 53.7 Å². The van der Waals surface area contributed by atoms with Crippen molar-refractivity contribution in [1.29, 1.82) is 0 Å². The largest absolute Gasteiger partial charge is 0.495 e. The highest BCUT2D eigenvalue weighted by Gasteiger charge is 2.24. The predicted molar refractivity (Wildman–Crippen MR) is 191 cm³/mol. The van der Waals surface area contributed by atoms with Crippen LogP contribution in [0.25, 0.3) is 0 Å². The van der Waals surface area contributed by atoms with Gasteiger partial charge in [0.1, 0.15) is 10.8 Å². The number of hydrogen-bond acceptors (Lipinski definition) is 14. The SMILES string of the molecule is COc1cc(Sc2nnc(NC(=O)CN3CCC(N(C)C)CC3)s2)ccc1Nc1ncc(Cl)c(Nc2ccccc2S(=O)(=O)C(C)C)n1. The van der Waals surface area contributed by atoms with Crippen LogP contribution in [-0.4, -0.2) is 96.4 Å². The highest BCUT2D eigenvalue weighted by molar-refractivity contribution is 8.01. The van der Waals surface area contributed by atoms with Crippen LogP contribution in [0.2, 0.25) is 5.02 Å². The van der Waals surface area contributed by atoms with Gasteiger partial charge in [-0.2, -0.15) is 4.98 Å². The Morgan fingerprint density at radius 2 is 1.88 bits per heavy atom. The van der Waals surface area contributed by atoms with E-state index in [4.69, 9.17) is 16.3 Å². The third kappa shape index (κ3) is 8.92. The Balaban J connectivity index is 1.22. The van der Waals surface area contributed by atoms with Gasteiger partial charge in [-0.3, -0.25) is 15.0 Å². The molecule has 13 nitrogen and oxygen atoms in total. The summed E-state index contributed by atoms with van der Waals surface area (Å²) in [5.41, 5.74) is 0.953. The average Bonchev–Trinajstić information content (AvgIpc) is 3.49. The monoisotopic (exact) mass is 731 g/mol. The number of anilines is 5. The van der Waals surface area contributed by atoms with Crippen LogP contribution in [0.4, 0.5) is 28.3 Å². The van der Waals surface area contributed by atoms with E-state index in [1.165, 1.54) is 29.3 Å². The number of likely N-dealkylation sites (tertiary alicyclic amines) is 1. The zero-order valence-electron chi connectivity index (χ0n) is 27.2. The number of hydrogen-bond donors (Lipinski definition) is 3. The molecule has 1 aliphatic heterocycles. The second-order valence-electron chi connectivity index (χ2n) is 11.6. The smallest absolute Gasteiger partial charge is 0.240 e. The van der Waals surface area contributed by atoms with Gasteiger partial charge >= 0.3 is 0 Å². The predicted octanol–water partition coefficient (Wildman–Crippen LogP) is 5.78. The molecule has 1 amide bonds. The van der Waals surface area contributed by atoms with E-state index < -0.39 is 15.1 Å². The molecule has 5 rings (SSSR count). The molecular formula is C31H38ClN9O4S3. The zero-order valence-corrected chi connectivity index (χ0v) is 30.4. The summed E-state index contributed by atoms with van der Waals surface area (Å²) in [4.78, 5) is 26.8. The maximum absolute atomic E-state index is 12.9. The summed E-state index contributed by atoms with van der Waals surface area (Å²) in [6.07, 6.45) is 3.52. The quantitative estimate of drug-likeness (QED) is 0.143. The Kier molecular flexibility index (Phi) is 11.8. The van der Waals surface area contributed by atoms with Crippen molar-refractivity contribution in [1.82, 2.24) is 30.0 Å². The number of aromatic nitrogens is 4. The first kappa shape index (κ1) is 35.8. The van der Waals surface area contributed by atoms with Crippen LogP contribution >= 0.6 is 34.7 Å². The number of sulfone groups is 1. The summed E-state index contributed by atoms with van der Waals surface area (Å²) in [5.74, 6) is 0.879. The van der Waals surface area contributed by atoms with Gasteiger partial charge in [0.25, 0.3) is 0 Å². The summed E-state index contributed by atoms with van der Waals surface area (Å²) in [6, 6.07) is 12.7. The fraction of sp³-hybridized carbons (Fsp3) is 0.387. The second kappa shape index (κ2) is 15.8. The summed E-state index contributed by atoms with van der Waals surface area (Å²) in [5, 5.41) is 17.5. The van der Waals surface area contributed by atoms with Crippen molar-refractivity contribution >= 4 is 78.7 Å². The Labute approximate surface area is 293 Å². The van der Waals surface area contributed by atoms with E-state index in [2.05, 4.69) is 60.0 Å². The number of piperidine rings is 1. The molecule has 0 saturated carbocycles. The van der Waals surface area contributed by atoms with Crippen molar-refractivity contribution in [3.63, 3.8) is 0 Å². The van der Waals surface area contributed by atoms with Crippen LogP contribution in [0, 0.1) is 0 Å². The van der Waals surface area contributed by atoms with Crippen molar-refractivity contribution < 1.29 is 17.9 Å². The number of nitrogens with zero attached hydrogens (tertiary/aromatic N) is 6. The van der Waals surface area contributed by atoms with Crippen LogP contribution in [0.3, 0.4) is 0 Å². The van der Waals surface area contributed by atoms with Crippen LogP contribution in [0.5, 0.6) is 5.75 Å². The molecule has 1 saturated heterocycles. The average molecular weight is 732 g/mol. The Morgan fingerprint density at radius 1 is 1.12 bits per heavy atom. The molecule has 0 unspecified atom stereocenters. The summed E-state index contributed by atoms with van der Waals surface area (Å²) < 4.78 is 32.1. The minimum atomic E-state index is -3.56. The fourth-order valence-electron chi connectivity index (χ4n) is 5.03. The van der Waals surface area contributed by atoms with Crippen molar-refractivity contribution in [2.75, 3.05) is 56.8 Å². The van der Waals surface area contributed by atoms with E-state index >= 15 is 0 Å². The molecule has 0 atom stereocenters. The minimum Gasteiger partial charge on any atom is -0.495 e. The molecule has 3 heterocycles. The Hall–Kier alpha value is -3.54. The summed E-state index contributed by atoms with van der Waals surface area (Å²) >= 11 is 9.09. The maximum atomic E-state index is 12.9. The first-order valence-electron chi connectivity index (χ1n) is 15.2. The molecule has 4 aromatic rings. The molecule has 256 valence electrons. The first-order chi connectivity index (χ1) is 22.9. The number of para-hydroxylation sites is 1. The molecule has 17 heteroatoms. The van der Waals surface area contributed by atoms with Crippen molar-refractivity contribution in [3.8, 4) is 5.75 Å². The number of halogens is 1. The Bertz CT molecular complexity index is 1850. The van der Waals surface area contributed by atoms with Crippen LogP contribution in [0.15, 0.2) is 62.8 Å². The highest BCUT2D eigenvalue weighted by Crippen LogP contribution is 2.37. The third-order valence-corrected chi connectivity index (χ3v) is 12.1. The standard InChI is InChI=1S/C31H38ClN9O4S3/c1-19(2)48(43,44)26-9-7-6-8-24(26)34-28-22(32)17-33-29(37-28)35-23-11-10-21(16-25(23)45-5)46-31-39-38-30(47-31)36-27(42)18-41-14-12-20(13-15-41)40(3)4/h6-11,16-17,19-20H,12-15,18H2,1-5H3,(H,36,38,42)(H2,33,34,35,37). The molecule has 2 aromatic carbocycles. The van der Waals surface area contributed by atoms with E-state index in [-0.39, 0.29) is 27.6 Å². The number of amides is 1. The van der Waals surface area contributed by atoms with Crippen LogP contribution in [-0.2, 0) is 14.6 Å². The third-order valence-electron chi connectivity index (χ3n) is 7.74. The number of ether oxygens (including phenoxy) is 1. The first-order valence-corrected chi connectivity index (χ1v) is 18.8. The van der Waals surface area contributed by atoms with Gasteiger partial charge in [-0.05, 0) is 71.1 Å². The number of benzene rings is 2. The van der Waals surface area contributed by atoms with Gasteiger partial charge in [0.2, 0.25) is 17.0 Å². The van der Waals surface area contributed by atoms with Crippen LogP contribution in [0.1, 0.15) is 26.7 Å². The highest BCUT2D eigenvalue weighted by atomic mass is 35.5. The summed E-state index contributed by atoms with van der Waals surface area (Å²) in [6.45, 7) is 5.37. The topological polar surface area (TPSA) is 155 Å². The molecule has 2 aromatic heterocycles.